The SMILES string of the molecule is C[C@H]1C[C@H](Oc2cccc(-c3cccc(C=O)c3)n2)CN1C. The molecule has 22 heavy (non-hydrogen) atoms. The first-order valence-corrected chi connectivity index (χ1v) is 7.55. The van der Waals surface area contributed by atoms with E-state index in [4.69, 9.17) is 4.74 Å². The fraction of sp³-hybridized carbons (Fsp3) is 0.333. The van der Waals surface area contributed by atoms with Gasteiger partial charge in [0.15, 0.2) is 0 Å². The number of pyridine rings is 1. The van der Waals surface area contributed by atoms with E-state index in [9.17, 15) is 4.79 Å². The molecule has 3 rings (SSSR count). The van der Waals surface area contributed by atoms with Crippen molar-refractivity contribution in [2.75, 3.05) is 13.6 Å². The van der Waals surface area contributed by atoms with E-state index in [1.54, 1.807) is 6.07 Å². The van der Waals surface area contributed by atoms with Crippen molar-refractivity contribution in [1.82, 2.24) is 9.88 Å². The molecule has 0 radical (unpaired) electrons. The molecule has 1 saturated heterocycles. The lowest BCUT2D eigenvalue weighted by molar-refractivity contribution is 0.112. The Morgan fingerprint density at radius 3 is 2.82 bits per heavy atom. The predicted octanol–water partition coefficient (Wildman–Crippen LogP) is 3.03. The number of likely N-dealkylation sites (tertiary alicyclic amines) is 1. The van der Waals surface area contributed by atoms with Gasteiger partial charge in [0, 0.05) is 36.2 Å². The van der Waals surface area contributed by atoms with E-state index in [0.717, 1.165) is 30.5 Å². The summed E-state index contributed by atoms with van der Waals surface area (Å²) < 4.78 is 6.01. The van der Waals surface area contributed by atoms with Gasteiger partial charge in [-0.05, 0) is 26.1 Å². The average molecular weight is 296 g/mol. The minimum Gasteiger partial charge on any atom is -0.473 e. The molecule has 2 heterocycles. The second kappa shape index (κ2) is 6.28. The molecule has 0 amide bonds. The number of carbonyl (C=O) groups is 1. The monoisotopic (exact) mass is 296 g/mol. The van der Waals surface area contributed by atoms with Crippen molar-refractivity contribution >= 4 is 6.29 Å². The van der Waals surface area contributed by atoms with Gasteiger partial charge in [-0.1, -0.05) is 24.3 Å². The van der Waals surface area contributed by atoms with Gasteiger partial charge >= 0.3 is 0 Å². The molecular formula is C18H20N2O2. The number of benzene rings is 1. The predicted molar refractivity (Wildman–Crippen MR) is 86.2 cm³/mol. The Morgan fingerprint density at radius 2 is 2.09 bits per heavy atom. The first-order valence-electron chi connectivity index (χ1n) is 7.55. The highest BCUT2D eigenvalue weighted by molar-refractivity contribution is 5.78. The molecule has 1 aromatic heterocycles. The molecule has 0 bridgehead atoms. The summed E-state index contributed by atoms with van der Waals surface area (Å²) >= 11 is 0. The molecule has 1 aliphatic heterocycles. The van der Waals surface area contributed by atoms with Gasteiger partial charge in [0.25, 0.3) is 0 Å². The van der Waals surface area contributed by atoms with E-state index < -0.39 is 0 Å². The van der Waals surface area contributed by atoms with Crippen LogP contribution in [0.5, 0.6) is 5.88 Å². The normalized spacial score (nSPS) is 21.7. The van der Waals surface area contributed by atoms with E-state index >= 15 is 0 Å². The Balaban J connectivity index is 1.79. The van der Waals surface area contributed by atoms with Crippen LogP contribution in [-0.4, -0.2) is 41.9 Å². The number of aromatic nitrogens is 1. The topological polar surface area (TPSA) is 42.4 Å². The Hall–Kier alpha value is -2.20. The van der Waals surface area contributed by atoms with Crippen molar-refractivity contribution in [1.29, 1.82) is 0 Å². The van der Waals surface area contributed by atoms with Crippen molar-refractivity contribution in [3.63, 3.8) is 0 Å². The first kappa shape index (κ1) is 14.7. The Kier molecular flexibility index (Phi) is 4.20. The molecule has 0 spiro atoms. The second-order valence-corrected chi connectivity index (χ2v) is 5.87. The van der Waals surface area contributed by atoms with Crippen LogP contribution in [0, 0.1) is 0 Å². The Labute approximate surface area is 130 Å². The first-order chi connectivity index (χ1) is 10.7. The largest absolute Gasteiger partial charge is 0.473 e. The molecule has 114 valence electrons. The minimum atomic E-state index is 0.184. The summed E-state index contributed by atoms with van der Waals surface area (Å²) in [5, 5.41) is 0. The average Bonchev–Trinajstić information content (AvgIpc) is 2.85. The quantitative estimate of drug-likeness (QED) is 0.813. The van der Waals surface area contributed by atoms with Gasteiger partial charge in [0.2, 0.25) is 5.88 Å². The summed E-state index contributed by atoms with van der Waals surface area (Å²) in [5.74, 6) is 0.640. The number of likely N-dealkylation sites (N-methyl/N-ethyl adjacent to an activating group) is 1. The van der Waals surface area contributed by atoms with E-state index in [2.05, 4.69) is 23.9 Å². The standard InChI is InChI=1S/C18H20N2O2/c1-13-9-16(11-20(13)2)22-18-8-4-7-17(19-18)15-6-3-5-14(10-15)12-21/h3-8,10,12-13,16H,9,11H2,1-2H3/t13-,16-/m0/s1. The number of hydrogen-bond donors (Lipinski definition) is 0. The van der Waals surface area contributed by atoms with Crippen molar-refractivity contribution < 1.29 is 9.53 Å². The maximum Gasteiger partial charge on any atom is 0.214 e. The van der Waals surface area contributed by atoms with E-state index in [1.165, 1.54) is 0 Å². The number of aldehydes is 1. The van der Waals surface area contributed by atoms with Gasteiger partial charge in [0.1, 0.15) is 12.4 Å². The molecule has 2 atom stereocenters. The van der Waals surface area contributed by atoms with Crippen molar-refractivity contribution in [3.05, 3.63) is 48.0 Å². The Morgan fingerprint density at radius 1 is 1.27 bits per heavy atom. The third kappa shape index (κ3) is 3.17. The lowest BCUT2D eigenvalue weighted by atomic mass is 10.1. The van der Waals surface area contributed by atoms with E-state index in [-0.39, 0.29) is 6.10 Å². The highest BCUT2D eigenvalue weighted by Crippen LogP contribution is 2.24. The molecule has 4 heteroatoms. The van der Waals surface area contributed by atoms with Crippen molar-refractivity contribution in [2.24, 2.45) is 0 Å². The van der Waals surface area contributed by atoms with Crippen molar-refractivity contribution in [3.8, 4) is 17.1 Å². The van der Waals surface area contributed by atoms with Crippen LogP contribution < -0.4 is 4.74 Å². The summed E-state index contributed by atoms with van der Waals surface area (Å²) in [6.07, 6.45) is 2.05. The van der Waals surface area contributed by atoms with Crippen LogP contribution in [0.2, 0.25) is 0 Å². The molecule has 0 N–H and O–H groups in total. The summed E-state index contributed by atoms with van der Waals surface area (Å²) in [5.41, 5.74) is 2.39. The third-order valence-corrected chi connectivity index (χ3v) is 4.18. The summed E-state index contributed by atoms with van der Waals surface area (Å²) in [7, 11) is 2.11. The van der Waals surface area contributed by atoms with Crippen LogP contribution in [0.3, 0.4) is 0 Å². The van der Waals surface area contributed by atoms with Gasteiger partial charge < -0.3 is 4.74 Å². The van der Waals surface area contributed by atoms with Gasteiger partial charge in [-0.15, -0.1) is 0 Å². The summed E-state index contributed by atoms with van der Waals surface area (Å²) in [6, 6.07) is 13.7. The van der Waals surface area contributed by atoms with Crippen LogP contribution >= 0.6 is 0 Å². The van der Waals surface area contributed by atoms with Crippen LogP contribution in [-0.2, 0) is 0 Å². The van der Waals surface area contributed by atoms with Crippen LogP contribution in [0.4, 0.5) is 0 Å². The van der Waals surface area contributed by atoms with Crippen molar-refractivity contribution in [2.45, 2.75) is 25.5 Å². The van der Waals surface area contributed by atoms with Crippen LogP contribution in [0.15, 0.2) is 42.5 Å². The second-order valence-electron chi connectivity index (χ2n) is 5.87. The molecule has 4 nitrogen and oxygen atoms in total. The molecule has 1 aliphatic rings. The lowest BCUT2D eigenvalue weighted by Crippen LogP contribution is -2.23. The molecule has 1 aromatic carbocycles. The molecular weight excluding hydrogens is 276 g/mol. The van der Waals surface area contributed by atoms with Crippen LogP contribution in [0.1, 0.15) is 23.7 Å². The van der Waals surface area contributed by atoms with Crippen LogP contribution in [0.25, 0.3) is 11.3 Å². The number of rotatable bonds is 4. The molecule has 0 saturated carbocycles. The molecule has 0 aliphatic carbocycles. The zero-order chi connectivity index (χ0) is 15.5. The molecule has 0 unspecified atom stereocenters. The van der Waals surface area contributed by atoms with E-state index in [0.29, 0.717) is 17.5 Å². The highest BCUT2D eigenvalue weighted by Gasteiger charge is 2.27. The summed E-state index contributed by atoms with van der Waals surface area (Å²) in [4.78, 5) is 17.8. The van der Waals surface area contributed by atoms with Gasteiger partial charge in [-0.2, -0.15) is 0 Å². The van der Waals surface area contributed by atoms with Gasteiger partial charge in [-0.3, -0.25) is 9.69 Å². The lowest BCUT2D eigenvalue weighted by Gasteiger charge is -2.13. The number of ether oxygens (including phenoxy) is 1. The molecule has 1 fully saturated rings. The fourth-order valence-corrected chi connectivity index (χ4v) is 2.80. The number of hydrogen-bond acceptors (Lipinski definition) is 4. The van der Waals surface area contributed by atoms with E-state index in [1.807, 2.05) is 36.4 Å². The maximum absolute atomic E-state index is 10.9. The zero-order valence-electron chi connectivity index (χ0n) is 12.9. The summed E-state index contributed by atoms with van der Waals surface area (Å²) in [6.45, 7) is 3.13. The smallest absolute Gasteiger partial charge is 0.214 e. The Bertz CT molecular complexity index is 662. The van der Waals surface area contributed by atoms with Gasteiger partial charge in [0.05, 0.1) is 5.69 Å². The zero-order valence-corrected chi connectivity index (χ0v) is 12.9. The minimum absolute atomic E-state index is 0.184. The van der Waals surface area contributed by atoms with Gasteiger partial charge in [-0.25, -0.2) is 4.98 Å². The number of nitrogens with zero attached hydrogens (tertiary/aromatic N) is 2. The third-order valence-electron chi connectivity index (χ3n) is 4.18. The number of carbonyl (C=O) groups excluding carboxylic acids is 1. The maximum atomic E-state index is 10.9. The fourth-order valence-electron chi connectivity index (χ4n) is 2.80. The molecule has 2 aromatic rings. The highest BCUT2D eigenvalue weighted by atomic mass is 16.5.